The van der Waals surface area contributed by atoms with Crippen LogP contribution in [0, 0.1) is 0 Å². The fourth-order valence-electron chi connectivity index (χ4n) is 2.46. The van der Waals surface area contributed by atoms with Crippen molar-refractivity contribution < 1.29 is 19.7 Å². The highest BCUT2D eigenvalue weighted by atomic mass is 16.5. The van der Waals surface area contributed by atoms with Crippen LogP contribution in [-0.4, -0.2) is 20.7 Å². The maximum atomic E-state index is 11.1. The first kappa shape index (κ1) is 14.0. The lowest BCUT2D eigenvalue weighted by molar-refractivity contribution is 0.0697. The average Bonchev–Trinajstić information content (AvgIpc) is 2.81. The van der Waals surface area contributed by atoms with Crippen LogP contribution in [0.1, 0.15) is 15.9 Å². The summed E-state index contributed by atoms with van der Waals surface area (Å²) >= 11 is 0. The quantitative estimate of drug-likeness (QED) is 0.776. The fourth-order valence-corrected chi connectivity index (χ4v) is 2.46. The largest absolute Gasteiger partial charge is 0.508 e. The number of ether oxygens (including phenoxy) is 1. The summed E-state index contributed by atoms with van der Waals surface area (Å²) in [5.41, 5.74) is 2.08. The molecule has 22 heavy (non-hydrogen) atoms. The van der Waals surface area contributed by atoms with E-state index in [4.69, 9.17) is 9.84 Å². The predicted molar refractivity (Wildman–Crippen MR) is 82.3 cm³/mol. The zero-order valence-electron chi connectivity index (χ0n) is 12.0. The number of phenols is 1. The van der Waals surface area contributed by atoms with Gasteiger partial charge in [0.05, 0.1) is 5.56 Å². The van der Waals surface area contributed by atoms with Gasteiger partial charge in [0, 0.05) is 35.8 Å². The van der Waals surface area contributed by atoms with E-state index in [0.29, 0.717) is 12.4 Å². The lowest BCUT2D eigenvalue weighted by Gasteiger charge is -2.06. The molecule has 0 aliphatic carbocycles. The number of carboxylic acids is 1. The molecule has 5 nitrogen and oxygen atoms in total. The van der Waals surface area contributed by atoms with Gasteiger partial charge in [-0.1, -0.05) is 6.07 Å². The molecule has 0 radical (unpaired) electrons. The van der Waals surface area contributed by atoms with Gasteiger partial charge < -0.3 is 19.5 Å². The number of rotatable bonds is 4. The average molecular weight is 297 g/mol. The minimum Gasteiger partial charge on any atom is -0.508 e. The van der Waals surface area contributed by atoms with Crippen molar-refractivity contribution in [2.45, 2.75) is 6.61 Å². The second-order valence-electron chi connectivity index (χ2n) is 5.09. The minimum absolute atomic E-state index is 0.142. The number of carbonyl (C=O) groups is 1. The zero-order valence-corrected chi connectivity index (χ0v) is 12.0. The third-order valence-corrected chi connectivity index (χ3v) is 3.53. The molecule has 0 saturated heterocycles. The normalized spacial score (nSPS) is 10.8. The maximum absolute atomic E-state index is 11.1. The van der Waals surface area contributed by atoms with Crippen molar-refractivity contribution in [3.63, 3.8) is 0 Å². The monoisotopic (exact) mass is 297 g/mol. The van der Waals surface area contributed by atoms with Crippen molar-refractivity contribution in [2.75, 3.05) is 0 Å². The van der Waals surface area contributed by atoms with Gasteiger partial charge in [-0.05, 0) is 30.3 Å². The third-order valence-electron chi connectivity index (χ3n) is 3.53. The van der Waals surface area contributed by atoms with Crippen LogP contribution in [-0.2, 0) is 13.7 Å². The SMILES string of the molecule is Cn1cc(COc2cccc(O)c2)c2cc(C(=O)O)ccc21. The summed E-state index contributed by atoms with van der Waals surface area (Å²) < 4.78 is 7.61. The van der Waals surface area contributed by atoms with E-state index in [0.717, 1.165) is 16.5 Å². The summed E-state index contributed by atoms with van der Waals surface area (Å²) in [6.07, 6.45) is 1.92. The highest BCUT2D eigenvalue weighted by molar-refractivity contribution is 5.94. The second-order valence-corrected chi connectivity index (χ2v) is 5.09. The molecule has 1 heterocycles. The van der Waals surface area contributed by atoms with Crippen molar-refractivity contribution in [3.05, 3.63) is 59.8 Å². The molecule has 1 aromatic heterocycles. The number of phenolic OH excluding ortho intramolecular Hbond substituents is 1. The molecule has 2 aromatic carbocycles. The molecule has 0 unspecified atom stereocenters. The summed E-state index contributed by atoms with van der Waals surface area (Å²) in [5, 5.41) is 19.4. The highest BCUT2D eigenvalue weighted by Crippen LogP contribution is 2.25. The van der Waals surface area contributed by atoms with Crippen molar-refractivity contribution in [3.8, 4) is 11.5 Å². The molecule has 0 aliphatic heterocycles. The Bertz CT molecular complexity index is 851. The van der Waals surface area contributed by atoms with Gasteiger partial charge in [-0.2, -0.15) is 0 Å². The summed E-state index contributed by atoms with van der Waals surface area (Å²) in [4.78, 5) is 11.1. The molecule has 3 aromatic rings. The van der Waals surface area contributed by atoms with Crippen LogP contribution >= 0.6 is 0 Å². The second kappa shape index (κ2) is 5.44. The standard InChI is InChI=1S/C17H15NO4/c1-18-9-12(10-22-14-4-2-3-13(19)8-14)15-7-11(17(20)21)5-6-16(15)18/h2-9,19H,10H2,1H3,(H,20,21). The summed E-state index contributed by atoms with van der Waals surface area (Å²) in [7, 11) is 1.90. The molecule has 0 atom stereocenters. The molecule has 0 fully saturated rings. The molecule has 2 N–H and O–H groups in total. The number of hydrogen-bond donors (Lipinski definition) is 2. The summed E-state index contributed by atoms with van der Waals surface area (Å²) in [6.45, 7) is 0.296. The van der Waals surface area contributed by atoms with Crippen LogP contribution in [0.4, 0.5) is 0 Å². The first-order valence-corrected chi connectivity index (χ1v) is 6.77. The number of aryl methyl sites for hydroxylation is 1. The fraction of sp³-hybridized carbons (Fsp3) is 0.118. The van der Waals surface area contributed by atoms with Crippen LogP contribution in [0.3, 0.4) is 0 Å². The van der Waals surface area contributed by atoms with Gasteiger partial charge in [-0.25, -0.2) is 4.79 Å². The Kier molecular flexibility index (Phi) is 3.47. The molecule has 112 valence electrons. The Morgan fingerprint density at radius 3 is 2.77 bits per heavy atom. The van der Waals surface area contributed by atoms with E-state index in [-0.39, 0.29) is 11.3 Å². The predicted octanol–water partition coefficient (Wildman–Crippen LogP) is 3.16. The number of aromatic carboxylic acids is 1. The Morgan fingerprint density at radius 2 is 2.05 bits per heavy atom. The maximum Gasteiger partial charge on any atom is 0.335 e. The molecule has 0 spiro atoms. The van der Waals surface area contributed by atoms with E-state index >= 15 is 0 Å². The van der Waals surface area contributed by atoms with Gasteiger partial charge in [-0.15, -0.1) is 0 Å². The van der Waals surface area contributed by atoms with E-state index in [1.54, 1.807) is 36.4 Å². The van der Waals surface area contributed by atoms with Gasteiger partial charge in [0.2, 0.25) is 0 Å². The summed E-state index contributed by atoms with van der Waals surface area (Å²) in [5.74, 6) is -0.249. The molecule has 0 saturated carbocycles. The number of hydrogen-bond acceptors (Lipinski definition) is 3. The smallest absolute Gasteiger partial charge is 0.335 e. The van der Waals surface area contributed by atoms with Crippen molar-refractivity contribution in [1.82, 2.24) is 4.57 Å². The molecular formula is C17H15NO4. The molecule has 0 bridgehead atoms. The number of benzene rings is 2. The Morgan fingerprint density at radius 1 is 1.23 bits per heavy atom. The Labute approximate surface area is 127 Å². The molecule has 5 heteroatoms. The van der Waals surface area contributed by atoms with Crippen LogP contribution < -0.4 is 4.74 Å². The van der Waals surface area contributed by atoms with E-state index in [9.17, 15) is 9.90 Å². The van der Waals surface area contributed by atoms with Crippen LogP contribution in [0.5, 0.6) is 11.5 Å². The van der Waals surface area contributed by atoms with Crippen molar-refractivity contribution >= 4 is 16.9 Å². The number of nitrogens with zero attached hydrogens (tertiary/aromatic N) is 1. The number of aromatic nitrogens is 1. The van der Waals surface area contributed by atoms with Gasteiger partial charge in [0.1, 0.15) is 18.1 Å². The third kappa shape index (κ3) is 2.61. The lowest BCUT2D eigenvalue weighted by atomic mass is 10.1. The molecular weight excluding hydrogens is 282 g/mol. The highest BCUT2D eigenvalue weighted by Gasteiger charge is 2.11. The van der Waals surface area contributed by atoms with Crippen molar-refractivity contribution in [1.29, 1.82) is 0 Å². The molecule has 3 rings (SSSR count). The molecule has 0 aliphatic rings. The summed E-state index contributed by atoms with van der Waals surface area (Å²) in [6, 6.07) is 11.6. The Hall–Kier alpha value is -2.95. The van der Waals surface area contributed by atoms with Crippen LogP contribution in [0.25, 0.3) is 10.9 Å². The van der Waals surface area contributed by atoms with E-state index in [1.165, 1.54) is 6.07 Å². The van der Waals surface area contributed by atoms with Crippen LogP contribution in [0.2, 0.25) is 0 Å². The zero-order chi connectivity index (χ0) is 15.7. The number of fused-ring (bicyclic) bond motifs is 1. The van der Waals surface area contributed by atoms with Crippen LogP contribution in [0.15, 0.2) is 48.7 Å². The van der Waals surface area contributed by atoms with Gasteiger partial charge in [-0.3, -0.25) is 0 Å². The van der Waals surface area contributed by atoms with Gasteiger partial charge >= 0.3 is 5.97 Å². The van der Waals surface area contributed by atoms with Gasteiger partial charge in [0.15, 0.2) is 0 Å². The van der Waals surface area contributed by atoms with E-state index in [2.05, 4.69) is 0 Å². The first-order valence-electron chi connectivity index (χ1n) is 6.77. The molecule has 0 amide bonds. The van der Waals surface area contributed by atoms with Gasteiger partial charge in [0.25, 0.3) is 0 Å². The lowest BCUT2D eigenvalue weighted by Crippen LogP contribution is -1.97. The van der Waals surface area contributed by atoms with Crippen molar-refractivity contribution in [2.24, 2.45) is 7.05 Å². The Balaban J connectivity index is 1.93. The first-order chi connectivity index (χ1) is 10.5. The number of carboxylic acid groups (broad SMARTS) is 1. The minimum atomic E-state index is -0.953. The number of aromatic hydroxyl groups is 1. The van der Waals surface area contributed by atoms with E-state index in [1.807, 2.05) is 17.8 Å². The topological polar surface area (TPSA) is 71.7 Å². The van der Waals surface area contributed by atoms with E-state index < -0.39 is 5.97 Å².